The lowest BCUT2D eigenvalue weighted by atomic mass is 10.2. The summed E-state index contributed by atoms with van der Waals surface area (Å²) in [5.41, 5.74) is 2.61. The van der Waals surface area contributed by atoms with Gasteiger partial charge in [0.15, 0.2) is 0 Å². The Morgan fingerprint density at radius 3 is 2.58 bits per heavy atom. The molecule has 3 rings (SSSR count). The Morgan fingerprint density at radius 2 is 1.79 bits per heavy atom. The molecule has 0 unspecified atom stereocenters. The summed E-state index contributed by atoms with van der Waals surface area (Å²) in [6, 6.07) is 13.5. The maximum atomic E-state index is 5.62. The van der Waals surface area contributed by atoms with Crippen LogP contribution in [0.5, 0.6) is 11.8 Å². The number of para-hydroxylation sites is 1. The van der Waals surface area contributed by atoms with Crippen LogP contribution in [0, 0.1) is 6.92 Å². The maximum Gasteiger partial charge on any atom is 0.341 e. The van der Waals surface area contributed by atoms with Gasteiger partial charge in [-0.3, -0.25) is 0 Å². The van der Waals surface area contributed by atoms with Crippen molar-refractivity contribution in [2.75, 3.05) is 0 Å². The Morgan fingerprint density at radius 1 is 1.00 bits per heavy atom. The van der Waals surface area contributed by atoms with E-state index in [9.17, 15) is 0 Å². The van der Waals surface area contributed by atoms with E-state index in [2.05, 4.69) is 31.1 Å². The molecule has 1 aromatic heterocycles. The topological polar surface area (TPSA) is 47.9 Å². The summed E-state index contributed by atoms with van der Waals surface area (Å²) in [6.45, 7) is 2.00. The van der Waals surface area contributed by atoms with Crippen LogP contribution in [0.4, 0.5) is 0 Å². The highest BCUT2D eigenvalue weighted by molar-refractivity contribution is 9.10. The minimum Gasteiger partial charge on any atom is -0.423 e. The van der Waals surface area contributed by atoms with Crippen LogP contribution in [0.2, 0.25) is 0 Å². The SMILES string of the molecule is Cc1cc(Oc2nnc3ccccc3n2)ccc1Br. The summed E-state index contributed by atoms with van der Waals surface area (Å²) in [7, 11) is 0. The number of ether oxygens (including phenoxy) is 1. The first kappa shape index (κ1) is 12.0. The molecule has 2 aromatic carbocycles. The van der Waals surface area contributed by atoms with Crippen LogP contribution in [0.1, 0.15) is 5.56 Å². The zero-order chi connectivity index (χ0) is 13.2. The number of benzene rings is 2. The van der Waals surface area contributed by atoms with Crippen LogP contribution in [0.15, 0.2) is 46.9 Å². The van der Waals surface area contributed by atoms with Crippen molar-refractivity contribution in [3.63, 3.8) is 0 Å². The van der Waals surface area contributed by atoms with E-state index in [1.54, 1.807) is 0 Å². The Kier molecular flexibility index (Phi) is 3.13. The number of fused-ring (bicyclic) bond motifs is 1. The van der Waals surface area contributed by atoms with Crippen LogP contribution >= 0.6 is 15.9 Å². The predicted molar refractivity (Wildman–Crippen MR) is 76.3 cm³/mol. The minimum absolute atomic E-state index is 0.250. The lowest BCUT2D eigenvalue weighted by Gasteiger charge is -2.05. The monoisotopic (exact) mass is 315 g/mol. The first-order valence-electron chi connectivity index (χ1n) is 5.76. The molecular formula is C14H10BrN3O. The van der Waals surface area contributed by atoms with E-state index < -0.39 is 0 Å². The molecule has 0 saturated heterocycles. The van der Waals surface area contributed by atoms with Crippen LogP contribution in [-0.2, 0) is 0 Å². The Balaban J connectivity index is 1.94. The minimum atomic E-state index is 0.250. The number of halogens is 1. The van der Waals surface area contributed by atoms with Crippen LogP contribution < -0.4 is 4.74 Å². The number of aryl methyl sites for hydroxylation is 1. The van der Waals surface area contributed by atoms with Crippen molar-refractivity contribution in [2.24, 2.45) is 0 Å². The standard InChI is InChI=1S/C14H10BrN3O/c1-9-8-10(6-7-11(9)15)19-14-16-12-4-2-3-5-13(12)17-18-14/h2-8H,1H3. The molecule has 0 aliphatic carbocycles. The summed E-state index contributed by atoms with van der Waals surface area (Å²) in [5.74, 6) is 0.692. The van der Waals surface area contributed by atoms with Crippen molar-refractivity contribution in [3.8, 4) is 11.8 Å². The van der Waals surface area contributed by atoms with E-state index in [0.717, 1.165) is 21.1 Å². The van der Waals surface area contributed by atoms with Gasteiger partial charge in [-0.2, -0.15) is 4.98 Å². The second-order valence-corrected chi connectivity index (χ2v) is 4.95. The summed E-state index contributed by atoms with van der Waals surface area (Å²) in [4.78, 5) is 4.32. The molecule has 0 aliphatic heterocycles. The van der Waals surface area contributed by atoms with E-state index in [1.807, 2.05) is 49.4 Å². The highest BCUT2D eigenvalue weighted by Gasteiger charge is 2.05. The third-order valence-corrected chi connectivity index (χ3v) is 3.57. The summed E-state index contributed by atoms with van der Waals surface area (Å²) < 4.78 is 6.66. The molecular weight excluding hydrogens is 306 g/mol. The molecule has 0 bridgehead atoms. The van der Waals surface area contributed by atoms with Crippen molar-refractivity contribution in [1.82, 2.24) is 15.2 Å². The Hall–Kier alpha value is -2.01. The number of hydrogen-bond donors (Lipinski definition) is 0. The molecule has 94 valence electrons. The molecule has 0 atom stereocenters. The van der Waals surface area contributed by atoms with Gasteiger partial charge in [0.2, 0.25) is 0 Å². The van der Waals surface area contributed by atoms with Crippen molar-refractivity contribution >= 4 is 27.0 Å². The first-order chi connectivity index (χ1) is 9.22. The van der Waals surface area contributed by atoms with Gasteiger partial charge < -0.3 is 4.74 Å². The van der Waals surface area contributed by atoms with Crippen molar-refractivity contribution < 1.29 is 4.74 Å². The van der Waals surface area contributed by atoms with Gasteiger partial charge in [-0.15, -0.1) is 5.10 Å². The Bertz CT molecular complexity index is 746. The van der Waals surface area contributed by atoms with E-state index >= 15 is 0 Å². The van der Waals surface area contributed by atoms with Gasteiger partial charge in [0.1, 0.15) is 11.3 Å². The fourth-order valence-electron chi connectivity index (χ4n) is 1.69. The smallest absolute Gasteiger partial charge is 0.341 e. The van der Waals surface area contributed by atoms with E-state index in [-0.39, 0.29) is 6.01 Å². The van der Waals surface area contributed by atoms with Gasteiger partial charge in [-0.1, -0.05) is 33.2 Å². The van der Waals surface area contributed by atoms with Crippen molar-refractivity contribution in [1.29, 1.82) is 0 Å². The summed E-state index contributed by atoms with van der Waals surface area (Å²) in [6.07, 6.45) is 0. The average Bonchev–Trinajstić information content (AvgIpc) is 2.43. The molecule has 0 saturated carbocycles. The number of aromatic nitrogens is 3. The lowest BCUT2D eigenvalue weighted by Crippen LogP contribution is -1.95. The molecule has 0 amide bonds. The van der Waals surface area contributed by atoms with E-state index in [0.29, 0.717) is 5.75 Å². The Labute approximate surface area is 118 Å². The second kappa shape index (κ2) is 4.93. The molecule has 5 heteroatoms. The quantitative estimate of drug-likeness (QED) is 0.720. The zero-order valence-electron chi connectivity index (χ0n) is 10.2. The molecule has 0 fully saturated rings. The van der Waals surface area contributed by atoms with Gasteiger partial charge in [0, 0.05) is 4.47 Å². The van der Waals surface area contributed by atoms with Crippen molar-refractivity contribution in [3.05, 3.63) is 52.5 Å². The number of nitrogens with zero attached hydrogens (tertiary/aromatic N) is 3. The molecule has 4 nitrogen and oxygen atoms in total. The molecule has 3 aromatic rings. The molecule has 0 spiro atoms. The zero-order valence-corrected chi connectivity index (χ0v) is 11.8. The molecule has 0 radical (unpaired) electrons. The van der Waals surface area contributed by atoms with E-state index in [4.69, 9.17) is 4.74 Å². The van der Waals surface area contributed by atoms with Crippen molar-refractivity contribution in [2.45, 2.75) is 6.92 Å². The van der Waals surface area contributed by atoms with Crippen LogP contribution in [0.25, 0.3) is 11.0 Å². The second-order valence-electron chi connectivity index (χ2n) is 4.10. The van der Waals surface area contributed by atoms with Gasteiger partial charge in [-0.25, -0.2) is 0 Å². The normalized spacial score (nSPS) is 10.6. The molecule has 0 N–H and O–H groups in total. The van der Waals surface area contributed by atoms with E-state index in [1.165, 1.54) is 0 Å². The fourth-order valence-corrected chi connectivity index (χ4v) is 1.94. The largest absolute Gasteiger partial charge is 0.423 e. The number of hydrogen-bond acceptors (Lipinski definition) is 4. The highest BCUT2D eigenvalue weighted by Crippen LogP contribution is 2.24. The molecule has 0 aliphatic rings. The predicted octanol–water partition coefficient (Wildman–Crippen LogP) is 3.89. The highest BCUT2D eigenvalue weighted by atomic mass is 79.9. The fraction of sp³-hybridized carbons (Fsp3) is 0.0714. The third-order valence-electron chi connectivity index (χ3n) is 2.68. The average molecular weight is 316 g/mol. The first-order valence-corrected chi connectivity index (χ1v) is 6.55. The van der Waals surface area contributed by atoms with Crippen LogP contribution in [0.3, 0.4) is 0 Å². The molecule has 1 heterocycles. The maximum absolute atomic E-state index is 5.62. The van der Waals surface area contributed by atoms with Crippen LogP contribution in [-0.4, -0.2) is 15.2 Å². The van der Waals surface area contributed by atoms with Gasteiger partial charge in [0.25, 0.3) is 0 Å². The lowest BCUT2D eigenvalue weighted by molar-refractivity contribution is 0.436. The molecule has 19 heavy (non-hydrogen) atoms. The van der Waals surface area contributed by atoms with Gasteiger partial charge >= 0.3 is 6.01 Å². The summed E-state index contributed by atoms with van der Waals surface area (Å²) in [5, 5.41) is 8.03. The summed E-state index contributed by atoms with van der Waals surface area (Å²) >= 11 is 3.45. The number of rotatable bonds is 2. The third kappa shape index (κ3) is 2.56. The van der Waals surface area contributed by atoms with Gasteiger partial charge in [-0.05, 0) is 42.8 Å². The van der Waals surface area contributed by atoms with Gasteiger partial charge in [0.05, 0.1) is 5.52 Å².